The van der Waals surface area contributed by atoms with Gasteiger partial charge in [-0.2, -0.15) is 0 Å². The Morgan fingerprint density at radius 1 is 0.971 bits per heavy atom. The van der Waals surface area contributed by atoms with Gasteiger partial charge in [0.25, 0.3) is 0 Å². The summed E-state index contributed by atoms with van der Waals surface area (Å²) >= 11 is 0. The van der Waals surface area contributed by atoms with Gasteiger partial charge in [-0.3, -0.25) is 4.79 Å². The third-order valence-electron chi connectivity index (χ3n) is 12.1. The standard InChI is InChI=1S/C30H52O5/c1-17(2)18(3)8-9-19(4)22-10-11-23-25-24(13-14-28(22,23)6)29(7)15-12-21(32)16-30(29,34)27(33)26(25)35-20(5)31/h17-19,21-27,32-34H,8-16H2,1-7H3/t18-,19+,21-,22+,23-,24-,25-,26+,27+,28+,29+,30-/m0/s1. The predicted octanol–water partition coefficient (Wildman–Crippen LogP) is 5.34. The molecule has 5 nitrogen and oxygen atoms in total. The second-order valence-electron chi connectivity index (χ2n) is 14.1. The van der Waals surface area contributed by atoms with Crippen LogP contribution < -0.4 is 0 Å². The Balaban J connectivity index is 1.64. The zero-order valence-electron chi connectivity index (χ0n) is 23.3. The van der Waals surface area contributed by atoms with Crippen molar-refractivity contribution in [3.63, 3.8) is 0 Å². The summed E-state index contributed by atoms with van der Waals surface area (Å²) in [5.41, 5.74) is -1.75. The zero-order valence-corrected chi connectivity index (χ0v) is 23.3. The number of aliphatic hydroxyl groups is 3. The first-order valence-corrected chi connectivity index (χ1v) is 14.5. The van der Waals surface area contributed by atoms with Gasteiger partial charge in [-0.15, -0.1) is 0 Å². The van der Waals surface area contributed by atoms with Crippen LogP contribution in [-0.2, 0) is 9.53 Å². The number of esters is 1. The van der Waals surface area contributed by atoms with Gasteiger partial charge in [0.1, 0.15) is 17.8 Å². The summed E-state index contributed by atoms with van der Waals surface area (Å²) in [5.74, 6) is 2.97. The molecule has 0 aromatic carbocycles. The van der Waals surface area contributed by atoms with Gasteiger partial charge in [-0.05, 0) is 79.4 Å². The summed E-state index contributed by atoms with van der Waals surface area (Å²) in [6.45, 7) is 15.5. The Labute approximate surface area is 213 Å². The van der Waals surface area contributed by atoms with Crippen LogP contribution in [0.3, 0.4) is 0 Å². The second-order valence-corrected chi connectivity index (χ2v) is 14.1. The van der Waals surface area contributed by atoms with Gasteiger partial charge in [0.15, 0.2) is 0 Å². The number of hydrogen-bond donors (Lipinski definition) is 3. The van der Waals surface area contributed by atoms with Crippen LogP contribution in [-0.4, -0.2) is 45.2 Å². The summed E-state index contributed by atoms with van der Waals surface area (Å²) in [4.78, 5) is 12.2. The Morgan fingerprint density at radius 2 is 1.66 bits per heavy atom. The van der Waals surface area contributed by atoms with Crippen LogP contribution in [0.1, 0.15) is 106 Å². The van der Waals surface area contributed by atoms with E-state index < -0.39 is 35.3 Å². The molecule has 0 radical (unpaired) electrons. The third kappa shape index (κ3) is 4.30. The van der Waals surface area contributed by atoms with Crippen LogP contribution in [0.5, 0.6) is 0 Å². The maximum absolute atomic E-state index is 12.2. The molecule has 35 heavy (non-hydrogen) atoms. The third-order valence-corrected chi connectivity index (χ3v) is 12.1. The monoisotopic (exact) mass is 492 g/mol. The fourth-order valence-corrected chi connectivity index (χ4v) is 9.59. The Morgan fingerprint density at radius 3 is 2.29 bits per heavy atom. The van der Waals surface area contributed by atoms with Crippen molar-refractivity contribution < 1.29 is 24.9 Å². The zero-order chi connectivity index (χ0) is 25.9. The summed E-state index contributed by atoms with van der Waals surface area (Å²) in [7, 11) is 0. The van der Waals surface area contributed by atoms with Gasteiger partial charge < -0.3 is 20.1 Å². The van der Waals surface area contributed by atoms with Crippen LogP contribution in [0, 0.1) is 52.3 Å². The molecule has 5 heteroatoms. The lowest BCUT2D eigenvalue weighted by Gasteiger charge is -2.66. The molecule has 4 aliphatic rings. The lowest BCUT2D eigenvalue weighted by molar-refractivity contribution is -0.300. The fourth-order valence-electron chi connectivity index (χ4n) is 9.59. The fraction of sp³-hybridized carbons (Fsp3) is 0.967. The van der Waals surface area contributed by atoms with Gasteiger partial charge in [-0.1, -0.05) is 54.4 Å². The van der Waals surface area contributed by atoms with Crippen LogP contribution in [0.4, 0.5) is 0 Å². The molecule has 0 spiro atoms. The maximum Gasteiger partial charge on any atom is 0.303 e. The highest BCUT2D eigenvalue weighted by atomic mass is 16.6. The first kappa shape index (κ1) is 27.4. The van der Waals surface area contributed by atoms with E-state index in [0.717, 1.165) is 25.2 Å². The topological polar surface area (TPSA) is 87.0 Å². The number of hydrogen-bond acceptors (Lipinski definition) is 5. The first-order valence-electron chi connectivity index (χ1n) is 14.5. The predicted molar refractivity (Wildman–Crippen MR) is 137 cm³/mol. The Hall–Kier alpha value is -0.650. The van der Waals surface area contributed by atoms with E-state index in [9.17, 15) is 20.1 Å². The summed E-state index contributed by atoms with van der Waals surface area (Å²) < 4.78 is 5.89. The molecule has 0 unspecified atom stereocenters. The number of carbonyl (C=O) groups is 1. The van der Waals surface area contributed by atoms with Crippen molar-refractivity contribution in [2.75, 3.05) is 0 Å². The van der Waals surface area contributed by atoms with Crippen molar-refractivity contribution in [2.45, 2.75) is 130 Å². The molecule has 4 rings (SSSR count). The SMILES string of the molecule is CC(=O)O[C@@H]1[C@H]2[C@@H]3CC[C@H]([C@H](C)CC[C@H](C)C(C)C)[C@@]3(C)CC[C@@H]2[C@@]2(C)CC[C@H](O)C[C@]2(O)[C@@H]1O. The molecule has 202 valence electrons. The minimum atomic E-state index is -1.43. The average Bonchev–Trinajstić information content (AvgIpc) is 3.13. The van der Waals surface area contributed by atoms with Crippen LogP contribution >= 0.6 is 0 Å². The quantitative estimate of drug-likeness (QED) is 0.436. The molecule has 4 fully saturated rings. The molecule has 4 saturated carbocycles. The van der Waals surface area contributed by atoms with Gasteiger partial charge in [0.05, 0.1) is 6.10 Å². The lowest BCUT2D eigenvalue weighted by Crippen LogP contribution is -2.73. The largest absolute Gasteiger partial charge is 0.459 e. The van der Waals surface area contributed by atoms with Crippen molar-refractivity contribution >= 4 is 5.97 Å². The maximum atomic E-state index is 12.2. The summed E-state index contributed by atoms with van der Waals surface area (Å²) in [5, 5.41) is 34.0. The molecule has 0 bridgehead atoms. The van der Waals surface area contributed by atoms with Crippen LogP contribution in [0.2, 0.25) is 0 Å². The lowest BCUT2D eigenvalue weighted by atomic mass is 9.41. The second kappa shape index (κ2) is 9.58. The highest BCUT2D eigenvalue weighted by Crippen LogP contribution is 2.69. The summed E-state index contributed by atoms with van der Waals surface area (Å²) in [6.07, 6.45) is 5.95. The van der Waals surface area contributed by atoms with E-state index in [2.05, 4.69) is 41.5 Å². The average molecular weight is 493 g/mol. The van der Waals surface area contributed by atoms with E-state index in [-0.39, 0.29) is 23.7 Å². The molecule has 0 aliphatic heterocycles. The molecule has 0 heterocycles. The molecule has 0 saturated heterocycles. The van der Waals surface area contributed by atoms with Crippen LogP contribution in [0.25, 0.3) is 0 Å². The number of aliphatic hydroxyl groups excluding tert-OH is 2. The normalized spacial score (nSPS) is 49.1. The molecule has 0 amide bonds. The smallest absolute Gasteiger partial charge is 0.303 e. The number of fused-ring (bicyclic) bond motifs is 5. The van der Waals surface area contributed by atoms with Gasteiger partial charge >= 0.3 is 5.97 Å². The van der Waals surface area contributed by atoms with Crippen molar-refractivity contribution in [2.24, 2.45) is 52.3 Å². The highest BCUT2D eigenvalue weighted by Gasteiger charge is 2.71. The molecular weight excluding hydrogens is 440 g/mol. The van der Waals surface area contributed by atoms with Crippen LogP contribution in [0.15, 0.2) is 0 Å². The van der Waals surface area contributed by atoms with E-state index >= 15 is 0 Å². The molecular formula is C30H52O5. The molecule has 0 aromatic rings. The number of carbonyl (C=O) groups excluding carboxylic acids is 1. The van der Waals surface area contributed by atoms with E-state index in [1.165, 1.54) is 26.2 Å². The van der Waals surface area contributed by atoms with Crippen molar-refractivity contribution in [3.05, 3.63) is 0 Å². The van der Waals surface area contributed by atoms with E-state index in [4.69, 9.17) is 4.74 Å². The minimum absolute atomic E-state index is 0.0555. The number of rotatable bonds is 6. The van der Waals surface area contributed by atoms with Crippen molar-refractivity contribution in [1.29, 1.82) is 0 Å². The highest BCUT2D eigenvalue weighted by molar-refractivity contribution is 5.66. The van der Waals surface area contributed by atoms with Crippen molar-refractivity contribution in [1.82, 2.24) is 0 Å². The number of ether oxygens (including phenoxy) is 1. The Bertz CT molecular complexity index is 783. The van der Waals surface area contributed by atoms with E-state index in [1.807, 2.05) is 0 Å². The van der Waals surface area contributed by atoms with Gasteiger partial charge in [0.2, 0.25) is 0 Å². The summed E-state index contributed by atoms with van der Waals surface area (Å²) in [6, 6.07) is 0. The van der Waals surface area contributed by atoms with E-state index in [1.54, 1.807) is 0 Å². The molecule has 3 N–H and O–H groups in total. The molecule has 0 aromatic heterocycles. The van der Waals surface area contributed by atoms with Gasteiger partial charge in [-0.25, -0.2) is 0 Å². The molecule has 4 aliphatic carbocycles. The minimum Gasteiger partial charge on any atom is -0.459 e. The molecule has 12 atom stereocenters. The Kier molecular flexibility index (Phi) is 7.50. The van der Waals surface area contributed by atoms with Crippen molar-refractivity contribution in [3.8, 4) is 0 Å². The first-order chi connectivity index (χ1) is 16.3. The van der Waals surface area contributed by atoms with E-state index in [0.29, 0.717) is 36.5 Å². The van der Waals surface area contributed by atoms with Gasteiger partial charge in [0, 0.05) is 24.7 Å².